The molecule has 19 heavy (non-hydrogen) atoms. The van der Waals surface area contributed by atoms with Crippen LogP contribution in [0.3, 0.4) is 0 Å². The van der Waals surface area contributed by atoms with Crippen LogP contribution in [0, 0.1) is 0 Å². The van der Waals surface area contributed by atoms with Crippen LogP contribution in [0.1, 0.15) is 26.2 Å². The van der Waals surface area contributed by atoms with Gasteiger partial charge in [0.1, 0.15) is 4.90 Å². The molecule has 0 radical (unpaired) electrons. The molecule has 0 saturated heterocycles. The third kappa shape index (κ3) is 5.18. The molecule has 0 spiro atoms. The zero-order chi connectivity index (χ0) is 14.5. The zero-order valence-electron chi connectivity index (χ0n) is 10.5. The number of benzene rings is 1. The molecule has 1 aromatic rings. The highest BCUT2D eigenvalue weighted by Crippen LogP contribution is 2.20. The van der Waals surface area contributed by atoms with E-state index in [2.05, 4.69) is 4.72 Å². The number of aliphatic carboxylic acids is 1. The van der Waals surface area contributed by atoms with Gasteiger partial charge in [0.15, 0.2) is 0 Å². The number of nitrogens with one attached hydrogen (secondary N) is 1. The van der Waals surface area contributed by atoms with E-state index in [1.54, 1.807) is 19.1 Å². The number of halogens is 1. The highest BCUT2D eigenvalue weighted by atomic mass is 35.5. The van der Waals surface area contributed by atoms with Crippen molar-refractivity contribution in [3.63, 3.8) is 0 Å². The first-order chi connectivity index (χ1) is 8.83. The Morgan fingerprint density at radius 2 is 2.05 bits per heavy atom. The van der Waals surface area contributed by atoms with Crippen LogP contribution in [0.15, 0.2) is 29.2 Å². The molecular weight excluding hydrogens is 290 g/mol. The number of carboxylic acids is 1. The van der Waals surface area contributed by atoms with Gasteiger partial charge in [0, 0.05) is 12.5 Å². The van der Waals surface area contributed by atoms with Gasteiger partial charge in [0.05, 0.1) is 5.02 Å². The molecule has 0 aliphatic carbocycles. The maximum atomic E-state index is 12.0. The normalized spacial score (nSPS) is 13.2. The molecule has 0 fully saturated rings. The summed E-state index contributed by atoms with van der Waals surface area (Å²) in [5.74, 6) is -0.888. The molecule has 0 aliphatic heterocycles. The molecule has 2 N–H and O–H groups in total. The Balaban J connectivity index is 2.65. The predicted octanol–water partition coefficient (Wildman–Crippen LogP) is 2.26. The molecular formula is C12H16ClNO4S. The second kappa shape index (κ2) is 6.88. The van der Waals surface area contributed by atoms with Crippen LogP contribution in [-0.2, 0) is 14.8 Å². The van der Waals surface area contributed by atoms with E-state index in [-0.39, 0.29) is 22.4 Å². The van der Waals surface area contributed by atoms with E-state index >= 15 is 0 Å². The van der Waals surface area contributed by atoms with Crippen molar-refractivity contribution in [3.05, 3.63) is 29.3 Å². The van der Waals surface area contributed by atoms with E-state index in [9.17, 15) is 13.2 Å². The van der Waals surface area contributed by atoms with E-state index in [0.717, 1.165) is 0 Å². The lowest BCUT2D eigenvalue weighted by atomic mass is 10.1. The lowest BCUT2D eigenvalue weighted by molar-refractivity contribution is -0.137. The van der Waals surface area contributed by atoms with E-state index in [1.807, 2.05) is 0 Å². The van der Waals surface area contributed by atoms with Gasteiger partial charge in [0.2, 0.25) is 10.0 Å². The minimum atomic E-state index is -3.67. The zero-order valence-corrected chi connectivity index (χ0v) is 12.0. The van der Waals surface area contributed by atoms with Gasteiger partial charge in [0.25, 0.3) is 0 Å². The minimum Gasteiger partial charge on any atom is -0.481 e. The lowest BCUT2D eigenvalue weighted by Gasteiger charge is -2.14. The Bertz CT molecular complexity index is 544. The van der Waals surface area contributed by atoms with Gasteiger partial charge in [-0.05, 0) is 31.9 Å². The van der Waals surface area contributed by atoms with Crippen LogP contribution >= 0.6 is 11.6 Å². The van der Waals surface area contributed by atoms with Crippen molar-refractivity contribution in [2.24, 2.45) is 0 Å². The SMILES string of the molecule is CC(CCCC(=O)O)NS(=O)(=O)c1ccccc1Cl. The van der Waals surface area contributed by atoms with Crippen molar-refractivity contribution in [1.82, 2.24) is 4.72 Å². The number of carboxylic acid groups (broad SMARTS) is 1. The molecule has 0 aliphatic rings. The molecule has 1 unspecified atom stereocenters. The second-order valence-electron chi connectivity index (χ2n) is 4.24. The van der Waals surface area contributed by atoms with Crippen molar-refractivity contribution in [2.75, 3.05) is 0 Å². The summed E-state index contributed by atoms with van der Waals surface area (Å²) in [4.78, 5) is 10.4. The maximum absolute atomic E-state index is 12.0. The molecule has 1 rings (SSSR count). The molecule has 0 heterocycles. The Kier molecular flexibility index (Phi) is 5.78. The summed E-state index contributed by atoms with van der Waals surface area (Å²) in [5, 5.41) is 8.68. The Hall–Kier alpha value is -1.11. The van der Waals surface area contributed by atoms with Crippen LogP contribution < -0.4 is 4.72 Å². The van der Waals surface area contributed by atoms with Gasteiger partial charge in [-0.25, -0.2) is 13.1 Å². The average molecular weight is 306 g/mol. The van der Waals surface area contributed by atoms with Gasteiger partial charge >= 0.3 is 5.97 Å². The molecule has 7 heteroatoms. The van der Waals surface area contributed by atoms with Crippen molar-refractivity contribution in [2.45, 2.75) is 37.1 Å². The van der Waals surface area contributed by atoms with Gasteiger partial charge in [-0.1, -0.05) is 23.7 Å². The maximum Gasteiger partial charge on any atom is 0.303 e. The number of hydrogen-bond donors (Lipinski definition) is 2. The summed E-state index contributed by atoms with van der Waals surface area (Å²) in [6.45, 7) is 1.69. The number of carbonyl (C=O) groups is 1. The van der Waals surface area contributed by atoms with Crippen LogP contribution in [0.25, 0.3) is 0 Å². The first kappa shape index (κ1) is 15.9. The van der Waals surface area contributed by atoms with Crippen molar-refractivity contribution < 1.29 is 18.3 Å². The highest BCUT2D eigenvalue weighted by Gasteiger charge is 2.19. The fraction of sp³-hybridized carbons (Fsp3) is 0.417. The fourth-order valence-corrected chi connectivity index (χ4v) is 3.41. The third-order valence-electron chi connectivity index (χ3n) is 2.51. The predicted molar refractivity (Wildman–Crippen MR) is 72.7 cm³/mol. The van der Waals surface area contributed by atoms with Crippen LogP contribution in [0.4, 0.5) is 0 Å². The first-order valence-electron chi connectivity index (χ1n) is 5.81. The summed E-state index contributed by atoms with van der Waals surface area (Å²) < 4.78 is 26.6. The van der Waals surface area contributed by atoms with Crippen LogP contribution in [0.5, 0.6) is 0 Å². The van der Waals surface area contributed by atoms with E-state index < -0.39 is 16.0 Å². The quantitative estimate of drug-likeness (QED) is 0.809. The molecule has 0 saturated carbocycles. The average Bonchev–Trinajstić information content (AvgIpc) is 2.27. The topological polar surface area (TPSA) is 83.5 Å². The monoisotopic (exact) mass is 305 g/mol. The largest absolute Gasteiger partial charge is 0.481 e. The molecule has 1 aromatic carbocycles. The Labute approximate surface area is 117 Å². The Morgan fingerprint density at radius 1 is 1.42 bits per heavy atom. The van der Waals surface area contributed by atoms with E-state index in [0.29, 0.717) is 12.8 Å². The van der Waals surface area contributed by atoms with Gasteiger partial charge in [-0.3, -0.25) is 4.79 Å². The van der Waals surface area contributed by atoms with E-state index in [1.165, 1.54) is 12.1 Å². The summed E-state index contributed by atoms with van der Waals surface area (Å²) >= 11 is 5.84. The van der Waals surface area contributed by atoms with Crippen molar-refractivity contribution in [3.8, 4) is 0 Å². The number of hydrogen-bond acceptors (Lipinski definition) is 3. The minimum absolute atomic E-state index is 0.0260. The van der Waals surface area contributed by atoms with Gasteiger partial charge < -0.3 is 5.11 Å². The smallest absolute Gasteiger partial charge is 0.303 e. The summed E-state index contributed by atoms with van der Waals surface area (Å²) in [6.07, 6.45) is 0.898. The van der Waals surface area contributed by atoms with E-state index in [4.69, 9.17) is 16.7 Å². The molecule has 0 bridgehead atoms. The molecule has 5 nitrogen and oxygen atoms in total. The summed E-state index contributed by atoms with van der Waals surface area (Å²) in [5.41, 5.74) is 0. The summed E-state index contributed by atoms with van der Waals surface area (Å²) in [6, 6.07) is 5.83. The first-order valence-corrected chi connectivity index (χ1v) is 7.67. The standard InChI is InChI=1S/C12H16ClNO4S/c1-9(5-4-8-12(15)16)14-19(17,18)11-7-3-2-6-10(11)13/h2-3,6-7,9,14H,4-5,8H2,1H3,(H,15,16). The van der Waals surface area contributed by atoms with Crippen LogP contribution in [0.2, 0.25) is 5.02 Å². The van der Waals surface area contributed by atoms with Crippen LogP contribution in [-0.4, -0.2) is 25.5 Å². The number of rotatable bonds is 7. The lowest BCUT2D eigenvalue weighted by Crippen LogP contribution is -2.32. The molecule has 0 aromatic heterocycles. The van der Waals surface area contributed by atoms with Gasteiger partial charge in [-0.2, -0.15) is 0 Å². The molecule has 106 valence electrons. The van der Waals surface area contributed by atoms with Crippen molar-refractivity contribution in [1.29, 1.82) is 0 Å². The third-order valence-corrected chi connectivity index (χ3v) is 4.60. The molecule has 0 amide bonds. The molecule has 1 atom stereocenters. The number of sulfonamides is 1. The van der Waals surface area contributed by atoms with Gasteiger partial charge in [-0.15, -0.1) is 0 Å². The summed E-state index contributed by atoms with van der Waals surface area (Å²) in [7, 11) is -3.67. The second-order valence-corrected chi connectivity index (χ2v) is 6.33. The fourth-order valence-electron chi connectivity index (χ4n) is 1.61. The highest BCUT2D eigenvalue weighted by molar-refractivity contribution is 7.89. The van der Waals surface area contributed by atoms with Crippen molar-refractivity contribution >= 4 is 27.6 Å². The Morgan fingerprint density at radius 3 is 2.63 bits per heavy atom.